The summed E-state index contributed by atoms with van der Waals surface area (Å²) in [5.74, 6) is -0.774. The molecule has 2 amide bonds. The van der Waals surface area contributed by atoms with Crippen molar-refractivity contribution in [3.05, 3.63) is 53.8 Å². The fourth-order valence-corrected chi connectivity index (χ4v) is 3.94. The van der Waals surface area contributed by atoms with Gasteiger partial charge in [0.25, 0.3) is 5.91 Å². The second-order valence-electron chi connectivity index (χ2n) is 5.95. The molecule has 0 aromatic heterocycles. The number of likely N-dealkylation sites (tertiary alicyclic amines) is 1. The maximum absolute atomic E-state index is 14.1. The summed E-state index contributed by atoms with van der Waals surface area (Å²) in [6, 6.07) is 11.3. The van der Waals surface area contributed by atoms with Gasteiger partial charge in [0.05, 0.1) is 23.6 Å². The summed E-state index contributed by atoms with van der Waals surface area (Å²) in [6.45, 7) is 0.724. The normalized spacial score (nSPS) is 16.7. The summed E-state index contributed by atoms with van der Waals surface area (Å²) in [5, 5.41) is 2.57. The molecule has 136 valence electrons. The van der Waals surface area contributed by atoms with Crippen LogP contribution in [0, 0.1) is 5.82 Å². The highest BCUT2D eigenvalue weighted by Crippen LogP contribution is 2.35. The number of thioether (sulfide) groups is 1. The summed E-state index contributed by atoms with van der Waals surface area (Å²) < 4.78 is 19.1. The number of para-hydroxylation sites is 1. The molecule has 0 aliphatic carbocycles. The van der Waals surface area contributed by atoms with E-state index in [0.717, 1.165) is 17.9 Å². The van der Waals surface area contributed by atoms with Crippen molar-refractivity contribution in [2.75, 3.05) is 26.0 Å². The predicted molar refractivity (Wildman–Crippen MR) is 99.2 cm³/mol. The van der Waals surface area contributed by atoms with Crippen LogP contribution in [0.2, 0.25) is 0 Å². The minimum Gasteiger partial charge on any atom is -0.497 e. The Morgan fingerprint density at radius 2 is 2.08 bits per heavy atom. The van der Waals surface area contributed by atoms with Gasteiger partial charge in [-0.15, -0.1) is 11.8 Å². The Labute approximate surface area is 155 Å². The third kappa shape index (κ3) is 3.83. The highest BCUT2D eigenvalue weighted by molar-refractivity contribution is 8.00. The molecule has 0 saturated carbocycles. The number of carbonyl (C=O) groups is 2. The molecule has 1 N–H and O–H groups in total. The van der Waals surface area contributed by atoms with Gasteiger partial charge in [-0.2, -0.15) is 0 Å². The number of anilines is 1. The van der Waals surface area contributed by atoms with Crippen molar-refractivity contribution >= 4 is 29.3 Å². The zero-order valence-electron chi connectivity index (χ0n) is 14.5. The molecule has 2 aromatic carbocycles. The summed E-state index contributed by atoms with van der Waals surface area (Å²) in [7, 11) is 3.22. The van der Waals surface area contributed by atoms with E-state index in [2.05, 4.69) is 5.32 Å². The lowest BCUT2D eigenvalue weighted by molar-refractivity contribution is -0.126. The third-order valence-electron chi connectivity index (χ3n) is 4.20. The van der Waals surface area contributed by atoms with Crippen molar-refractivity contribution < 1.29 is 18.7 Å². The first-order valence-corrected chi connectivity index (χ1v) is 9.03. The van der Waals surface area contributed by atoms with Gasteiger partial charge in [0.1, 0.15) is 11.6 Å². The molecule has 1 saturated heterocycles. The molecule has 3 rings (SSSR count). The van der Waals surface area contributed by atoms with E-state index >= 15 is 0 Å². The summed E-state index contributed by atoms with van der Waals surface area (Å²) in [5.41, 5.74) is 0.488. The number of benzene rings is 2. The van der Waals surface area contributed by atoms with Gasteiger partial charge >= 0.3 is 0 Å². The topological polar surface area (TPSA) is 58.6 Å². The van der Waals surface area contributed by atoms with Crippen LogP contribution >= 0.6 is 11.8 Å². The Morgan fingerprint density at radius 1 is 1.31 bits per heavy atom. The lowest BCUT2D eigenvalue weighted by atomic mass is 10.2. The minimum atomic E-state index is -0.653. The Morgan fingerprint density at radius 3 is 2.73 bits per heavy atom. The molecule has 5 nitrogen and oxygen atoms in total. The lowest BCUT2D eigenvalue weighted by Gasteiger charge is -2.14. The number of rotatable bonds is 5. The van der Waals surface area contributed by atoms with Gasteiger partial charge in [-0.25, -0.2) is 4.39 Å². The standard InChI is InChI=1S/C19H19FN2O3S/c1-22-10-9-17(19(22)24)26-16-6-4-3-5-15(16)21-18(23)13-8-7-12(25-2)11-14(13)20/h3-8,11,17H,9-10H2,1-2H3,(H,21,23)/t17-/m0/s1. The monoisotopic (exact) mass is 374 g/mol. The van der Waals surface area contributed by atoms with Crippen LogP contribution in [0.15, 0.2) is 47.4 Å². The van der Waals surface area contributed by atoms with Gasteiger partial charge in [-0.3, -0.25) is 9.59 Å². The van der Waals surface area contributed by atoms with Crippen LogP contribution < -0.4 is 10.1 Å². The van der Waals surface area contributed by atoms with Crippen LogP contribution in [0.4, 0.5) is 10.1 Å². The van der Waals surface area contributed by atoms with Crippen molar-refractivity contribution in [1.29, 1.82) is 0 Å². The number of ether oxygens (including phenoxy) is 1. The van der Waals surface area contributed by atoms with E-state index < -0.39 is 11.7 Å². The molecule has 0 unspecified atom stereocenters. The van der Waals surface area contributed by atoms with E-state index in [4.69, 9.17) is 4.74 Å². The Hall–Kier alpha value is -2.54. The van der Waals surface area contributed by atoms with E-state index in [1.807, 2.05) is 12.1 Å². The zero-order valence-corrected chi connectivity index (χ0v) is 15.3. The Balaban J connectivity index is 1.78. The molecule has 1 heterocycles. The smallest absolute Gasteiger partial charge is 0.258 e. The second-order valence-corrected chi connectivity index (χ2v) is 7.20. The number of halogens is 1. The third-order valence-corrected chi connectivity index (χ3v) is 5.54. The van der Waals surface area contributed by atoms with Crippen LogP contribution in [-0.2, 0) is 4.79 Å². The van der Waals surface area contributed by atoms with Crippen LogP contribution in [0.3, 0.4) is 0 Å². The number of nitrogens with zero attached hydrogens (tertiary/aromatic N) is 1. The number of hydrogen-bond donors (Lipinski definition) is 1. The summed E-state index contributed by atoms with van der Waals surface area (Å²) in [4.78, 5) is 27.1. The van der Waals surface area contributed by atoms with Gasteiger partial charge in [0.15, 0.2) is 0 Å². The lowest BCUT2D eigenvalue weighted by Crippen LogP contribution is -2.23. The molecule has 2 aromatic rings. The molecule has 26 heavy (non-hydrogen) atoms. The molecule has 7 heteroatoms. The van der Waals surface area contributed by atoms with E-state index in [1.54, 1.807) is 24.1 Å². The molecule has 1 atom stereocenters. The molecule has 1 fully saturated rings. The predicted octanol–water partition coefficient (Wildman–Crippen LogP) is 3.41. The largest absolute Gasteiger partial charge is 0.497 e. The number of hydrogen-bond acceptors (Lipinski definition) is 4. The molecule has 0 bridgehead atoms. The average molecular weight is 374 g/mol. The first-order chi connectivity index (χ1) is 12.5. The zero-order chi connectivity index (χ0) is 18.7. The van der Waals surface area contributed by atoms with Gasteiger partial charge in [-0.05, 0) is 30.7 Å². The number of amides is 2. The number of methoxy groups -OCH3 is 1. The van der Waals surface area contributed by atoms with E-state index in [-0.39, 0.29) is 16.7 Å². The van der Waals surface area contributed by atoms with Crippen LogP contribution in [0.1, 0.15) is 16.8 Å². The number of carbonyl (C=O) groups excluding carboxylic acids is 2. The Bertz CT molecular complexity index is 843. The van der Waals surface area contributed by atoms with Gasteiger partial charge in [0, 0.05) is 24.6 Å². The fraction of sp³-hybridized carbons (Fsp3) is 0.263. The molecule has 0 radical (unpaired) electrons. The summed E-state index contributed by atoms with van der Waals surface area (Å²) >= 11 is 1.42. The highest BCUT2D eigenvalue weighted by atomic mass is 32.2. The minimum absolute atomic E-state index is 0.0673. The molecule has 1 aliphatic rings. The van der Waals surface area contributed by atoms with Crippen molar-refractivity contribution in [3.8, 4) is 5.75 Å². The van der Waals surface area contributed by atoms with E-state index in [1.165, 1.54) is 37.1 Å². The van der Waals surface area contributed by atoms with Crippen molar-refractivity contribution in [2.24, 2.45) is 0 Å². The quantitative estimate of drug-likeness (QED) is 0.871. The SMILES string of the molecule is COc1ccc(C(=O)Nc2ccccc2S[C@H]2CCN(C)C2=O)c(F)c1. The maximum Gasteiger partial charge on any atom is 0.258 e. The molecule has 0 spiro atoms. The summed E-state index contributed by atoms with van der Waals surface area (Å²) in [6.07, 6.45) is 0.759. The second kappa shape index (κ2) is 7.78. The first kappa shape index (κ1) is 18.3. The van der Waals surface area contributed by atoms with Crippen molar-refractivity contribution in [1.82, 2.24) is 4.90 Å². The molecular formula is C19H19FN2O3S. The fourth-order valence-electron chi connectivity index (χ4n) is 2.72. The first-order valence-electron chi connectivity index (χ1n) is 8.15. The molecular weight excluding hydrogens is 355 g/mol. The van der Waals surface area contributed by atoms with E-state index in [0.29, 0.717) is 11.4 Å². The van der Waals surface area contributed by atoms with Crippen LogP contribution in [0.25, 0.3) is 0 Å². The van der Waals surface area contributed by atoms with E-state index in [9.17, 15) is 14.0 Å². The average Bonchev–Trinajstić information content (AvgIpc) is 2.95. The Kier molecular flexibility index (Phi) is 5.46. The van der Waals surface area contributed by atoms with Crippen molar-refractivity contribution in [2.45, 2.75) is 16.6 Å². The van der Waals surface area contributed by atoms with Crippen molar-refractivity contribution in [3.63, 3.8) is 0 Å². The van der Waals surface area contributed by atoms with Gasteiger partial charge < -0.3 is 15.0 Å². The maximum atomic E-state index is 14.1. The van der Waals surface area contributed by atoms with Crippen LogP contribution in [-0.4, -0.2) is 42.7 Å². The molecule has 1 aliphatic heterocycles. The van der Waals surface area contributed by atoms with Crippen LogP contribution in [0.5, 0.6) is 5.75 Å². The van der Waals surface area contributed by atoms with Gasteiger partial charge in [-0.1, -0.05) is 12.1 Å². The number of nitrogens with one attached hydrogen (secondary N) is 1. The van der Waals surface area contributed by atoms with Gasteiger partial charge in [0.2, 0.25) is 5.91 Å². The highest BCUT2D eigenvalue weighted by Gasteiger charge is 2.30.